The highest BCUT2D eigenvalue weighted by Crippen LogP contribution is 2.38. The molecule has 9 nitrogen and oxygen atoms in total. The smallest absolute Gasteiger partial charge is 0.303 e. The van der Waals surface area contributed by atoms with Gasteiger partial charge >= 0.3 is 5.97 Å². The monoisotopic (exact) mass is 593 g/mol. The highest BCUT2D eigenvalue weighted by atomic mass is 32.2. The predicted octanol–water partition coefficient (Wildman–Crippen LogP) is 4.34. The Balaban J connectivity index is 1.10. The number of carboxylic acids is 1. The molecule has 224 valence electrons. The largest absolute Gasteiger partial charge is 0.481 e. The number of amides is 1. The summed E-state index contributed by atoms with van der Waals surface area (Å²) < 4.78 is 37.4. The van der Waals surface area contributed by atoms with Crippen LogP contribution in [0.2, 0.25) is 0 Å². The van der Waals surface area contributed by atoms with Crippen molar-refractivity contribution in [1.82, 2.24) is 14.2 Å². The Morgan fingerprint density at radius 3 is 2.43 bits per heavy atom. The Morgan fingerprint density at radius 1 is 1.00 bits per heavy atom. The van der Waals surface area contributed by atoms with E-state index in [1.54, 1.807) is 12.1 Å². The van der Waals surface area contributed by atoms with Gasteiger partial charge in [-0.15, -0.1) is 0 Å². The van der Waals surface area contributed by atoms with Crippen LogP contribution in [0.4, 0.5) is 0 Å². The summed E-state index contributed by atoms with van der Waals surface area (Å²) in [6.07, 6.45) is 5.59. The first-order valence-electron chi connectivity index (χ1n) is 15.0. The Kier molecular flexibility index (Phi) is 8.13. The molecule has 1 atom stereocenters. The van der Waals surface area contributed by atoms with Gasteiger partial charge in [0.2, 0.25) is 15.9 Å². The van der Waals surface area contributed by atoms with Gasteiger partial charge in [-0.2, -0.15) is 0 Å². The second kappa shape index (κ2) is 11.8. The third-order valence-corrected chi connectivity index (χ3v) is 10.7. The van der Waals surface area contributed by atoms with Crippen LogP contribution < -0.4 is 4.72 Å². The van der Waals surface area contributed by atoms with E-state index in [4.69, 9.17) is 9.84 Å². The highest BCUT2D eigenvalue weighted by Gasteiger charge is 2.41. The molecule has 2 heterocycles. The molecule has 42 heavy (non-hydrogen) atoms. The lowest BCUT2D eigenvalue weighted by atomic mass is 9.85. The van der Waals surface area contributed by atoms with E-state index in [0.717, 1.165) is 27.7 Å². The summed E-state index contributed by atoms with van der Waals surface area (Å²) in [5.74, 6) is -0.0710. The molecule has 3 fully saturated rings. The molecule has 2 saturated carbocycles. The topological polar surface area (TPSA) is 118 Å². The number of fused-ring (bicyclic) bond motifs is 1. The Hall–Kier alpha value is -3.21. The van der Waals surface area contributed by atoms with Gasteiger partial charge in [-0.3, -0.25) is 9.59 Å². The number of nitrogens with one attached hydrogen (secondary N) is 1. The summed E-state index contributed by atoms with van der Waals surface area (Å²) in [7, 11) is -1.82. The zero-order valence-electron chi connectivity index (χ0n) is 24.0. The third kappa shape index (κ3) is 6.11. The fourth-order valence-corrected chi connectivity index (χ4v) is 7.92. The summed E-state index contributed by atoms with van der Waals surface area (Å²) in [5, 5.41) is 9.87. The summed E-state index contributed by atoms with van der Waals surface area (Å²) in [4.78, 5) is 26.5. The van der Waals surface area contributed by atoms with Crippen molar-refractivity contribution in [3.8, 4) is 11.3 Å². The van der Waals surface area contributed by atoms with Gasteiger partial charge in [0.15, 0.2) is 0 Å². The van der Waals surface area contributed by atoms with Crippen molar-refractivity contribution in [3.63, 3.8) is 0 Å². The van der Waals surface area contributed by atoms with Crippen LogP contribution in [0.1, 0.15) is 50.5 Å². The van der Waals surface area contributed by atoms with Gasteiger partial charge in [0.25, 0.3) is 0 Å². The summed E-state index contributed by atoms with van der Waals surface area (Å²) in [6, 6.07) is 15.1. The number of hydrogen-bond donors (Lipinski definition) is 2. The lowest BCUT2D eigenvalue weighted by Crippen LogP contribution is -2.52. The minimum Gasteiger partial charge on any atom is -0.481 e. The predicted molar refractivity (Wildman–Crippen MR) is 159 cm³/mol. The third-order valence-electron chi connectivity index (χ3n) is 9.22. The van der Waals surface area contributed by atoms with Crippen molar-refractivity contribution >= 4 is 32.8 Å². The quantitative estimate of drug-likeness (QED) is 0.381. The van der Waals surface area contributed by atoms with Crippen LogP contribution in [-0.2, 0) is 37.8 Å². The summed E-state index contributed by atoms with van der Waals surface area (Å²) in [6.45, 7) is 1.89. The number of nitrogens with zero attached hydrogens (tertiary/aromatic N) is 2. The van der Waals surface area contributed by atoms with Crippen molar-refractivity contribution in [1.29, 1.82) is 0 Å². The number of aliphatic carboxylic acids is 1. The zero-order chi connectivity index (χ0) is 29.4. The number of rotatable bonds is 9. The molecule has 1 amide bonds. The Labute approximate surface area is 246 Å². The number of morpholine rings is 1. The van der Waals surface area contributed by atoms with Gasteiger partial charge in [-0.1, -0.05) is 30.3 Å². The lowest BCUT2D eigenvalue weighted by Gasteiger charge is -2.39. The first-order valence-corrected chi connectivity index (χ1v) is 16.5. The number of sulfonamides is 1. The van der Waals surface area contributed by atoms with Gasteiger partial charge in [-0.05, 0) is 80.2 Å². The molecule has 6 rings (SSSR count). The summed E-state index contributed by atoms with van der Waals surface area (Å²) in [5.41, 5.74) is 3.70. The number of carbonyl (C=O) groups excluding carboxylic acids is 1. The molecule has 1 saturated heterocycles. The van der Waals surface area contributed by atoms with Crippen LogP contribution in [0.5, 0.6) is 0 Å². The summed E-state index contributed by atoms with van der Waals surface area (Å²) >= 11 is 0. The Bertz CT molecular complexity index is 1570. The molecular formula is C32H39N3O6S. The average Bonchev–Trinajstić information content (AvgIpc) is 3.79. The number of carboxylic acid groups (broad SMARTS) is 1. The maximum Gasteiger partial charge on any atom is 0.303 e. The Morgan fingerprint density at radius 2 is 1.74 bits per heavy atom. The number of aromatic nitrogens is 1. The molecule has 10 heteroatoms. The second-order valence-electron chi connectivity index (χ2n) is 12.1. The van der Waals surface area contributed by atoms with E-state index in [-0.39, 0.29) is 35.2 Å². The molecule has 0 radical (unpaired) electrons. The molecule has 2 aliphatic carbocycles. The molecule has 0 bridgehead atoms. The van der Waals surface area contributed by atoms with Crippen molar-refractivity contribution in [3.05, 3.63) is 54.1 Å². The van der Waals surface area contributed by atoms with E-state index in [1.807, 2.05) is 52.9 Å². The van der Waals surface area contributed by atoms with Gasteiger partial charge in [0.05, 0.1) is 24.2 Å². The molecule has 1 aromatic heterocycles. The van der Waals surface area contributed by atoms with E-state index < -0.39 is 16.0 Å². The van der Waals surface area contributed by atoms with Crippen LogP contribution >= 0.6 is 0 Å². The molecular weight excluding hydrogens is 554 g/mol. The van der Waals surface area contributed by atoms with Crippen LogP contribution in [0, 0.1) is 11.8 Å². The number of hydrogen-bond acceptors (Lipinski definition) is 5. The van der Waals surface area contributed by atoms with Crippen LogP contribution in [0.15, 0.2) is 53.4 Å². The highest BCUT2D eigenvalue weighted by molar-refractivity contribution is 7.89. The van der Waals surface area contributed by atoms with Gasteiger partial charge in [0.1, 0.15) is 0 Å². The van der Waals surface area contributed by atoms with E-state index in [0.29, 0.717) is 57.8 Å². The molecule has 3 aliphatic rings. The average molecular weight is 594 g/mol. The number of ether oxygens (including phenoxy) is 1. The molecule has 0 spiro atoms. The SMILES string of the molecule is Cn1c(-c2ccc(CCC(=O)O)cc2)cc2ccc(S(=O)(=O)N[C@H]3CC[C@H](C(=O)N4CCOC[C@@H]4C4CC4)CC3)cc21. The zero-order valence-corrected chi connectivity index (χ0v) is 24.8. The van der Waals surface area contributed by atoms with Gasteiger partial charge < -0.3 is 19.3 Å². The van der Waals surface area contributed by atoms with Crippen molar-refractivity contribution in [2.24, 2.45) is 18.9 Å². The maximum absolute atomic E-state index is 13.4. The molecule has 0 unspecified atom stereocenters. The van der Waals surface area contributed by atoms with Gasteiger partial charge in [0, 0.05) is 48.6 Å². The maximum atomic E-state index is 13.4. The number of carbonyl (C=O) groups is 2. The fourth-order valence-electron chi connectivity index (χ4n) is 6.60. The van der Waals surface area contributed by atoms with Crippen molar-refractivity contribution in [2.75, 3.05) is 19.8 Å². The first-order chi connectivity index (χ1) is 20.2. The van der Waals surface area contributed by atoms with Crippen LogP contribution in [-0.4, -0.2) is 66.7 Å². The van der Waals surface area contributed by atoms with Gasteiger partial charge in [-0.25, -0.2) is 13.1 Å². The molecule has 3 aromatic rings. The number of aryl methyl sites for hydroxylation is 2. The van der Waals surface area contributed by atoms with Crippen LogP contribution in [0.25, 0.3) is 22.2 Å². The van der Waals surface area contributed by atoms with Crippen molar-refractivity contribution < 1.29 is 27.9 Å². The lowest BCUT2D eigenvalue weighted by molar-refractivity contribution is -0.146. The van der Waals surface area contributed by atoms with E-state index >= 15 is 0 Å². The van der Waals surface area contributed by atoms with E-state index in [2.05, 4.69) is 4.72 Å². The minimum absolute atomic E-state index is 0.0468. The molecule has 2 aromatic carbocycles. The first kappa shape index (κ1) is 28.9. The molecule has 2 N–H and O–H groups in total. The minimum atomic E-state index is -3.74. The molecule has 1 aliphatic heterocycles. The second-order valence-corrected chi connectivity index (χ2v) is 13.8. The van der Waals surface area contributed by atoms with E-state index in [1.165, 1.54) is 12.8 Å². The number of benzene rings is 2. The standard InChI is InChI=1S/C32H39N3O6S/c1-34-28(22-5-2-21(3-6-22)4-15-31(36)37)18-25-11-14-27(19-29(25)34)42(39,40)33-26-12-9-24(10-13-26)32(38)35-16-17-41-20-30(35)23-7-8-23/h2-3,5-6,11,14,18-19,23-24,26,30,33H,4,7-10,12-13,15-17,20H2,1H3,(H,36,37)/t24-,26-,30-/m1/s1. The van der Waals surface area contributed by atoms with E-state index in [9.17, 15) is 18.0 Å². The normalized spacial score (nSPS) is 23.3. The van der Waals surface area contributed by atoms with Crippen molar-refractivity contribution in [2.45, 2.75) is 68.3 Å². The fraction of sp³-hybridized carbons (Fsp3) is 0.500. The van der Waals surface area contributed by atoms with Crippen LogP contribution in [0.3, 0.4) is 0 Å².